The molecule has 0 radical (unpaired) electrons. The topological polar surface area (TPSA) is 89.5 Å². The summed E-state index contributed by atoms with van der Waals surface area (Å²) in [6.45, 7) is 1.44. The van der Waals surface area contributed by atoms with Crippen LogP contribution in [0, 0.1) is 0 Å². The molecule has 8 heteroatoms. The molecule has 0 saturated heterocycles. The van der Waals surface area contributed by atoms with E-state index in [9.17, 15) is 9.59 Å². The maximum atomic E-state index is 12.8. The first-order valence-electron chi connectivity index (χ1n) is 8.50. The molecule has 2 N–H and O–H groups in total. The molecule has 0 spiro atoms. The Labute approximate surface area is 165 Å². The molecule has 0 saturated carbocycles. The van der Waals surface area contributed by atoms with E-state index in [1.807, 2.05) is 29.6 Å². The van der Waals surface area contributed by atoms with Gasteiger partial charge in [-0.2, -0.15) is 0 Å². The lowest BCUT2D eigenvalue weighted by molar-refractivity contribution is -0.143. The zero-order valence-electron chi connectivity index (χ0n) is 15.2. The van der Waals surface area contributed by atoms with Crippen LogP contribution in [-0.4, -0.2) is 29.5 Å². The number of nitrogens with one attached hydrogen (secondary N) is 2. The van der Waals surface area contributed by atoms with E-state index in [2.05, 4.69) is 15.6 Å². The summed E-state index contributed by atoms with van der Waals surface area (Å²) in [6.07, 6.45) is 0. The third kappa shape index (κ3) is 3.18. The number of fused-ring (bicyclic) bond motifs is 1. The fraction of sp³-hybridized carbons (Fsp3) is 0.150. The van der Waals surface area contributed by atoms with Crippen LogP contribution in [0.4, 0.5) is 10.8 Å². The number of aromatic nitrogens is 1. The van der Waals surface area contributed by atoms with Crippen molar-refractivity contribution in [1.82, 2.24) is 4.98 Å². The molecular formula is C20H17N3O4S. The Kier molecular flexibility index (Phi) is 4.48. The van der Waals surface area contributed by atoms with Crippen molar-refractivity contribution in [2.75, 3.05) is 17.7 Å². The number of methoxy groups -OCH3 is 1. The first-order chi connectivity index (χ1) is 13.5. The molecule has 2 aromatic carbocycles. The Hall–Kier alpha value is -3.39. The van der Waals surface area contributed by atoms with Gasteiger partial charge in [0.1, 0.15) is 11.5 Å². The molecule has 2 amide bonds. The third-order valence-corrected chi connectivity index (χ3v) is 5.18. The number of thiazole rings is 1. The summed E-state index contributed by atoms with van der Waals surface area (Å²) >= 11 is 1.27. The standard InChI is InChI=1S/C20H17N3O4S/c1-20(17(24)21-14-5-3-4-6-16(14)27-20)18(25)23-19-22-15(11-28-19)12-7-9-13(26-2)10-8-12/h3-11H,1-2H3,(H,21,24)(H,22,23,25). The second-order valence-corrected chi connectivity index (χ2v) is 7.16. The molecule has 1 aliphatic rings. The lowest BCUT2D eigenvalue weighted by atomic mass is 10.0. The van der Waals surface area contributed by atoms with E-state index < -0.39 is 17.4 Å². The van der Waals surface area contributed by atoms with Gasteiger partial charge in [0, 0.05) is 10.9 Å². The lowest BCUT2D eigenvalue weighted by Crippen LogP contribution is -2.56. The highest BCUT2D eigenvalue weighted by atomic mass is 32.1. The highest BCUT2D eigenvalue weighted by Crippen LogP contribution is 2.34. The van der Waals surface area contributed by atoms with Gasteiger partial charge in [0.2, 0.25) is 0 Å². The number of benzene rings is 2. The van der Waals surface area contributed by atoms with Crippen LogP contribution in [0.15, 0.2) is 53.9 Å². The number of hydrogen-bond donors (Lipinski definition) is 2. The number of carbonyl (C=O) groups is 2. The van der Waals surface area contributed by atoms with Crippen molar-refractivity contribution in [2.45, 2.75) is 12.5 Å². The SMILES string of the molecule is COc1ccc(-c2csc(NC(=O)C3(C)Oc4ccccc4NC3=O)n2)cc1. The summed E-state index contributed by atoms with van der Waals surface area (Å²) in [6, 6.07) is 14.4. The monoisotopic (exact) mass is 395 g/mol. The van der Waals surface area contributed by atoms with Crippen LogP contribution in [0.5, 0.6) is 11.5 Å². The summed E-state index contributed by atoms with van der Waals surface area (Å²) in [7, 11) is 1.61. The van der Waals surface area contributed by atoms with Crippen molar-refractivity contribution >= 4 is 34.0 Å². The second-order valence-electron chi connectivity index (χ2n) is 6.31. The predicted molar refractivity (Wildman–Crippen MR) is 107 cm³/mol. The van der Waals surface area contributed by atoms with Gasteiger partial charge in [-0.1, -0.05) is 12.1 Å². The van der Waals surface area contributed by atoms with Gasteiger partial charge < -0.3 is 14.8 Å². The van der Waals surface area contributed by atoms with Crippen molar-refractivity contribution in [1.29, 1.82) is 0 Å². The molecule has 28 heavy (non-hydrogen) atoms. The first kappa shape index (κ1) is 18.0. The highest BCUT2D eigenvalue weighted by molar-refractivity contribution is 7.14. The van der Waals surface area contributed by atoms with Crippen LogP contribution in [-0.2, 0) is 9.59 Å². The van der Waals surface area contributed by atoms with E-state index in [0.29, 0.717) is 22.3 Å². The summed E-state index contributed by atoms with van der Waals surface area (Å²) < 4.78 is 10.9. The number of ether oxygens (including phenoxy) is 2. The largest absolute Gasteiger partial charge is 0.497 e. The maximum absolute atomic E-state index is 12.8. The van der Waals surface area contributed by atoms with Crippen molar-refractivity contribution in [3.8, 4) is 22.8 Å². The number of rotatable bonds is 4. The van der Waals surface area contributed by atoms with Crippen LogP contribution in [0.25, 0.3) is 11.3 Å². The fourth-order valence-corrected chi connectivity index (χ4v) is 3.47. The van der Waals surface area contributed by atoms with Gasteiger partial charge in [-0.05, 0) is 43.3 Å². The third-order valence-electron chi connectivity index (χ3n) is 4.43. The average molecular weight is 395 g/mol. The van der Waals surface area contributed by atoms with Crippen LogP contribution >= 0.6 is 11.3 Å². The van der Waals surface area contributed by atoms with Gasteiger partial charge >= 0.3 is 0 Å². The molecule has 2 heterocycles. The van der Waals surface area contributed by atoms with Gasteiger partial charge in [-0.15, -0.1) is 11.3 Å². The highest BCUT2D eigenvalue weighted by Gasteiger charge is 2.47. The minimum Gasteiger partial charge on any atom is -0.497 e. The number of carbonyl (C=O) groups excluding carboxylic acids is 2. The molecule has 142 valence electrons. The normalized spacial score (nSPS) is 17.9. The van der Waals surface area contributed by atoms with E-state index in [-0.39, 0.29) is 0 Å². The number of hydrogen-bond acceptors (Lipinski definition) is 6. The molecule has 1 unspecified atom stereocenters. The molecule has 0 aliphatic carbocycles. The van der Waals surface area contributed by atoms with E-state index in [1.165, 1.54) is 18.3 Å². The summed E-state index contributed by atoms with van der Waals surface area (Å²) in [5, 5.41) is 7.60. The number of anilines is 2. The van der Waals surface area contributed by atoms with Crippen LogP contribution in [0.1, 0.15) is 6.92 Å². The maximum Gasteiger partial charge on any atom is 0.280 e. The van der Waals surface area contributed by atoms with E-state index in [4.69, 9.17) is 9.47 Å². The van der Waals surface area contributed by atoms with Crippen molar-refractivity contribution in [2.24, 2.45) is 0 Å². The molecule has 3 aromatic rings. The number of amides is 2. The minimum absolute atomic E-state index is 0.382. The molecular weight excluding hydrogens is 378 g/mol. The average Bonchev–Trinajstić information content (AvgIpc) is 3.17. The Morgan fingerprint density at radius 2 is 1.96 bits per heavy atom. The van der Waals surface area contributed by atoms with E-state index in [0.717, 1.165) is 11.3 Å². The van der Waals surface area contributed by atoms with Gasteiger partial charge in [-0.25, -0.2) is 4.98 Å². The molecule has 4 rings (SSSR count). The Balaban J connectivity index is 1.52. The molecule has 0 bridgehead atoms. The predicted octanol–water partition coefficient (Wildman–Crippen LogP) is 3.55. The summed E-state index contributed by atoms with van der Waals surface area (Å²) in [4.78, 5) is 29.7. The first-order valence-corrected chi connectivity index (χ1v) is 9.38. The summed E-state index contributed by atoms with van der Waals surface area (Å²) in [5.74, 6) is 0.0738. The quantitative estimate of drug-likeness (QED) is 0.660. The molecule has 1 aromatic heterocycles. The van der Waals surface area contributed by atoms with Gasteiger partial charge in [-0.3, -0.25) is 14.9 Å². The zero-order chi connectivity index (χ0) is 19.7. The molecule has 0 fully saturated rings. The van der Waals surface area contributed by atoms with Gasteiger partial charge in [0.25, 0.3) is 17.4 Å². The van der Waals surface area contributed by atoms with Crippen LogP contribution in [0.3, 0.4) is 0 Å². The second kappa shape index (κ2) is 6.97. The lowest BCUT2D eigenvalue weighted by Gasteiger charge is -2.32. The molecule has 1 aliphatic heterocycles. The zero-order valence-corrected chi connectivity index (χ0v) is 16.0. The van der Waals surface area contributed by atoms with Crippen molar-refractivity contribution in [3.05, 3.63) is 53.9 Å². The summed E-state index contributed by atoms with van der Waals surface area (Å²) in [5.41, 5.74) is 0.450. The van der Waals surface area contributed by atoms with E-state index in [1.54, 1.807) is 31.4 Å². The van der Waals surface area contributed by atoms with Crippen LogP contribution < -0.4 is 20.1 Å². The fourth-order valence-electron chi connectivity index (χ4n) is 2.76. The minimum atomic E-state index is -1.69. The van der Waals surface area contributed by atoms with Gasteiger partial charge in [0.15, 0.2) is 5.13 Å². The molecule has 1 atom stereocenters. The van der Waals surface area contributed by atoms with Gasteiger partial charge in [0.05, 0.1) is 18.5 Å². The van der Waals surface area contributed by atoms with E-state index >= 15 is 0 Å². The smallest absolute Gasteiger partial charge is 0.280 e. The Morgan fingerprint density at radius 3 is 2.71 bits per heavy atom. The van der Waals surface area contributed by atoms with Crippen LogP contribution in [0.2, 0.25) is 0 Å². The van der Waals surface area contributed by atoms with Crippen molar-refractivity contribution < 1.29 is 19.1 Å². The Bertz CT molecular complexity index is 1050. The number of nitrogens with zero attached hydrogens (tertiary/aromatic N) is 1. The van der Waals surface area contributed by atoms with Crippen molar-refractivity contribution in [3.63, 3.8) is 0 Å². The molecule has 7 nitrogen and oxygen atoms in total. The Morgan fingerprint density at radius 1 is 1.21 bits per heavy atom. The number of para-hydroxylation sites is 2.